The molecule has 0 atom stereocenters. The fourth-order valence-electron chi connectivity index (χ4n) is 3.23. The highest BCUT2D eigenvalue weighted by atomic mass is 16.5. The van der Waals surface area contributed by atoms with Crippen molar-refractivity contribution < 1.29 is 19.0 Å². The van der Waals surface area contributed by atoms with Crippen molar-refractivity contribution in [2.75, 3.05) is 34.9 Å². The normalized spacial score (nSPS) is 10.7. The average Bonchev–Trinajstić information content (AvgIpc) is 2.75. The van der Waals surface area contributed by atoms with Gasteiger partial charge in [-0.1, -0.05) is 6.07 Å². The molecule has 0 aliphatic rings. The zero-order valence-electron chi connectivity index (χ0n) is 17.5. The highest BCUT2D eigenvalue weighted by Crippen LogP contribution is 2.28. The van der Waals surface area contributed by atoms with Gasteiger partial charge >= 0.3 is 0 Å². The molecule has 0 fully saturated rings. The van der Waals surface area contributed by atoms with Gasteiger partial charge in [-0.15, -0.1) is 0 Å². The van der Waals surface area contributed by atoms with Crippen LogP contribution in [0, 0.1) is 6.92 Å². The number of hydrogen-bond donors (Lipinski definition) is 0. The molecule has 6 nitrogen and oxygen atoms in total. The van der Waals surface area contributed by atoms with Gasteiger partial charge in [0, 0.05) is 19.0 Å². The molecule has 0 saturated heterocycles. The van der Waals surface area contributed by atoms with Crippen LogP contribution in [-0.2, 0) is 6.42 Å². The molecular weight excluding hydrogens is 368 g/mol. The van der Waals surface area contributed by atoms with Gasteiger partial charge in [0.05, 0.1) is 38.1 Å². The smallest absolute Gasteiger partial charge is 0.255 e. The van der Waals surface area contributed by atoms with Gasteiger partial charge in [0.1, 0.15) is 5.75 Å². The SMILES string of the molecule is COc1ccc2nc(C)c(C(=O)N(C)CCc3ccc(OC)c(OC)c3)cc2c1. The van der Waals surface area contributed by atoms with Crippen molar-refractivity contribution in [2.45, 2.75) is 13.3 Å². The van der Waals surface area contributed by atoms with E-state index in [1.54, 1.807) is 33.3 Å². The van der Waals surface area contributed by atoms with E-state index in [1.807, 2.05) is 49.4 Å². The molecule has 0 bridgehead atoms. The number of methoxy groups -OCH3 is 3. The van der Waals surface area contributed by atoms with Crippen molar-refractivity contribution in [3.63, 3.8) is 0 Å². The molecule has 0 unspecified atom stereocenters. The second kappa shape index (κ2) is 8.82. The quantitative estimate of drug-likeness (QED) is 0.609. The van der Waals surface area contributed by atoms with Gasteiger partial charge in [-0.25, -0.2) is 0 Å². The number of pyridine rings is 1. The Morgan fingerprint density at radius 3 is 2.41 bits per heavy atom. The third-order valence-electron chi connectivity index (χ3n) is 4.97. The number of carbonyl (C=O) groups is 1. The maximum atomic E-state index is 13.0. The molecule has 0 aliphatic heterocycles. The summed E-state index contributed by atoms with van der Waals surface area (Å²) in [6.07, 6.45) is 0.705. The van der Waals surface area contributed by atoms with Crippen LogP contribution in [0.25, 0.3) is 10.9 Å². The van der Waals surface area contributed by atoms with E-state index < -0.39 is 0 Å². The predicted molar refractivity (Wildman–Crippen MR) is 113 cm³/mol. The van der Waals surface area contributed by atoms with Gasteiger partial charge in [0.25, 0.3) is 5.91 Å². The van der Waals surface area contributed by atoms with Crippen LogP contribution in [-0.4, -0.2) is 50.7 Å². The largest absolute Gasteiger partial charge is 0.497 e. The lowest BCUT2D eigenvalue weighted by Crippen LogP contribution is -2.29. The first-order valence-corrected chi connectivity index (χ1v) is 9.38. The number of hydrogen-bond acceptors (Lipinski definition) is 5. The van der Waals surface area contributed by atoms with Gasteiger partial charge in [-0.05, 0) is 55.3 Å². The minimum absolute atomic E-state index is 0.0554. The Kier molecular flexibility index (Phi) is 6.22. The van der Waals surface area contributed by atoms with Gasteiger partial charge in [-0.3, -0.25) is 9.78 Å². The van der Waals surface area contributed by atoms with E-state index in [0.29, 0.717) is 35.7 Å². The van der Waals surface area contributed by atoms with E-state index in [1.165, 1.54) is 0 Å². The minimum atomic E-state index is -0.0554. The third kappa shape index (κ3) is 4.42. The molecule has 0 radical (unpaired) electrons. The zero-order valence-corrected chi connectivity index (χ0v) is 17.5. The summed E-state index contributed by atoms with van der Waals surface area (Å²) in [5.41, 5.74) is 3.22. The first-order chi connectivity index (χ1) is 14.0. The number of aromatic nitrogens is 1. The first kappa shape index (κ1) is 20.5. The van der Waals surface area contributed by atoms with Crippen molar-refractivity contribution in [1.29, 1.82) is 0 Å². The molecule has 0 N–H and O–H groups in total. The van der Waals surface area contributed by atoms with Crippen LogP contribution in [0.5, 0.6) is 17.2 Å². The summed E-state index contributed by atoms with van der Waals surface area (Å²) in [4.78, 5) is 19.3. The van der Waals surface area contributed by atoms with Gasteiger partial charge in [0.15, 0.2) is 11.5 Å². The Hall–Kier alpha value is -3.28. The number of carbonyl (C=O) groups excluding carboxylic acids is 1. The van der Waals surface area contributed by atoms with E-state index in [-0.39, 0.29) is 5.91 Å². The molecule has 6 heteroatoms. The van der Waals surface area contributed by atoms with Crippen LogP contribution in [0.4, 0.5) is 0 Å². The zero-order chi connectivity index (χ0) is 21.0. The highest BCUT2D eigenvalue weighted by Gasteiger charge is 2.16. The van der Waals surface area contributed by atoms with Crippen molar-refractivity contribution in [1.82, 2.24) is 9.88 Å². The Morgan fingerprint density at radius 2 is 1.72 bits per heavy atom. The maximum Gasteiger partial charge on any atom is 0.255 e. The molecule has 2 aromatic carbocycles. The van der Waals surface area contributed by atoms with Crippen LogP contribution in [0.15, 0.2) is 42.5 Å². The summed E-state index contributed by atoms with van der Waals surface area (Å²) in [6.45, 7) is 2.43. The number of fused-ring (bicyclic) bond motifs is 1. The summed E-state index contributed by atoms with van der Waals surface area (Å²) >= 11 is 0. The van der Waals surface area contributed by atoms with E-state index in [4.69, 9.17) is 14.2 Å². The lowest BCUT2D eigenvalue weighted by molar-refractivity contribution is 0.0795. The Labute approximate surface area is 171 Å². The molecule has 3 rings (SSSR count). The molecule has 3 aromatic rings. The standard InChI is InChI=1S/C23H26N2O4/c1-15-19(14-17-13-18(27-3)7-8-20(17)24-15)23(26)25(2)11-10-16-6-9-21(28-4)22(12-16)29-5/h6-9,12-14H,10-11H2,1-5H3. The second-order valence-corrected chi connectivity index (χ2v) is 6.85. The highest BCUT2D eigenvalue weighted by molar-refractivity contribution is 5.98. The second-order valence-electron chi connectivity index (χ2n) is 6.85. The van der Waals surface area contributed by atoms with E-state index in [0.717, 1.165) is 22.2 Å². The molecule has 1 heterocycles. The number of rotatable bonds is 7. The fraction of sp³-hybridized carbons (Fsp3) is 0.304. The number of ether oxygens (including phenoxy) is 3. The number of benzene rings is 2. The van der Waals surface area contributed by atoms with E-state index >= 15 is 0 Å². The Balaban J connectivity index is 1.77. The summed E-state index contributed by atoms with van der Waals surface area (Å²) in [6, 6.07) is 13.3. The molecule has 1 aromatic heterocycles. The Morgan fingerprint density at radius 1 is 0.966 bits per heavy atom. The van der Waals surface area contributed by atoms with Crippen LogP contribution < -0.4 is 14.2 Å². The molecule has 0 spiro atoms. The topological polar surface area (TPSA) is 60.9 Å². The van der Waals surface area contributed by atoms with Crippen LogP contribution >= 0.6 is 0 Å². The summed E-state index contributed by atoms with van der Waals surface area (Å²) in [5.74, 6) is 2.06. The van der Waals surface area contributed by atoms with Crippen LogP contribution in [0.2, 0.25) is 0 Å². The molecule has 29 heavy (non-hydrogen) atoms. The predicted octanol–water partition coefficient (Wildman–Crippen LogP) is 3.88. The Bertz CT molecular complexity index is 1030. The average molecular weight is 394 g/mol. The summed E-state index contributed by atoms with van der Waals surface area (Å²) < 4.78 is 15.9. The monoisotopic (exact) mass is 394 g/mol. The molecular formula is C23H26N2O4. The van der Waals surface area contributed by atoms with E-state index in [9.17, 15) is 4.79 Å². The fourth-order valence-corrected chi connectivity index (χ4v) is 3.23. The minimum Gasteiger partial charge on any atom is -0.497 e. The van der Waals surface area contributed by atoms with Gasteiger partial charge < -0.3 is 19.1 Å². The van der Waals surface area contributed by atoms with Crippen molar-refractivity contribution in [3.05, 3.63) is 59.3 Å². The summed E-state index contributed by atoms with van der Waals surface area (Å²) in [5, 5.41) is 0.881. The number of amides is 1. The molecule has 0 saturated carbocycles. The number of likely N-dealkylation sites (N-methyl/N-ethyl adjacent to an activating group) is 1. The summed E-state index contributed by atoms with van der Waals surface area (Å²) in [7, 11) is 6.65. The van der Waals surface area contributed by atoms with Gasteiger partial charge in [-0.2, -0.15) is 0 Å². The van der Waals surface area contributed by atoms with Crippen molar-refractivity contribution >= 4 is 16.8 Å². The molecule has 152 valence electrons. The third-order valence-corrected chi connectivity index (χ3v) is 4.97. The lowest BCUT2D eigenvalue weighted by atomic mass is 10.1. The van der Waals surface area contributed by atoms with Gasteiger partial charge in [0.2, 0.25) is 0 Å². The van der Waals surface area contributed by atoms with Crippen LogP contribution in [0.1, 0.15) is 21.6 Å². The van der Waals surface area contributed by atoms with Crippen LogP contribution in [0.3, 0.4) is 0 Å². The molecule has 1 amide bonds. The van der Waals surface area contributed by atoms with Crippen molar-refractivity contribution in [2.24, 2.45) is 0 Å². The first-order valence-electron chi connectivity index (χ1n) is 9.38. The molecule has 0 aliphatic carbocycles. The lowest BCUT2D eigenvalue weighted by Gasteiger charge is -2.19. The number of aryl methyl sites for hydroxylation is 1. The van der Waals surface area contributed by atoms with E-state index in [2.05, 4.69) is 4.98 Å². The number of nitrogens with zero attached hydrogens (tertiary/aromatic N) is 2. The van der Waals surface area contributed by atoms with Crippen molar-refractivity contribution in [3.8, 4) is 17.2 Å². The maximum absolute atomic E-state index is 13.0.